The van der Waals surface area contributed by atoms with Gasteiger partial charge in [0.2, 0.25) is 5.95 Å². The zero-order valence-corrected chi connectivity index (χ0v) is 22.6. The normalized spacial score (nSPS) is 17.3. The quantitative estimate of drug-likeness (QED) is 0.140. The zero-order valence-electron chi connectivity index (χ0n) is 22.9. The minimum Gasteiger partial charge on any atom is -0.377 e. The Hall–Kier alpha value is -4.32. The van der Waals surface area contributed by atoms with Gasteiger partial charge >= 0.3 is 0 Å². The second-order valence-corrected chi connectivity index (χ2v) is 10.2. The van der Waals surface area contributed by atoms with E-state index in [4.69, 9.17) is 18.0 Å². The molecule has 0 radical (unpaired) electrons. The number of pyridine rings is 2. The minimum absolute atomic E-state index is 0.0172. The summed E-state index contributed by atoms with van der Waals surface area (Å²) in [4.78, 5) is 8.36. The van der Waals surface area contributed by atoms with Gasteiger partial charge in [-0.1, -0.05) is 60.8 Å². The van der Waals surface area contributed by atoms with E-state index in [-0.39, 0.29) is 11.6 Å². The Labute approximate surface area is 239 Å². The molecule has 7 nitrogen and oxygen atoms in total. The van der Waals surface area contributed by atoms with Crippen LogP contribution in [0, 0.1) is 18.3 Å². The van der Waals surface area contributed by atoms with Crippen LogP contribution in [0.15, 0.2) is 78.9 Å². The number of anilines is 2. The van der Waals surface area contributed by atoms with Crippen molar-refractivity contribution < 1.29 is 5.76 Å². The van der Waals surface area contributed by atoms with E-state index < -0.39 is 12.0 Å². The first kappa shape index (κ1) is 24.7. The van der Waals surface area contributed by atoms with E-state index in [1.807, 2.05) is 29.3 Å². The van der Waals surface area contributed by atoms with Crippen LogP contribution in [0.2, 0.25) is 5.02 Å². The average Bonchev–Trinajstić information content (AvgIpc) is 3.71. The number of fused-ring (bicyclic) bond motifs is 1. The first-order valence-corrected chi connectivity index (χ1v) is 13.6. The van der Waals surface area contributed by atoms with Crippen LogP contribution in [0.4, 0.5) is 15.8 Å². The third kappa shape index (κ3) is 5.14. The molecule has 202 valence electrons. The molecule has 0 saturated heterocycles. The highest BCUT2D eigenvalue weighted by molar-refractivity contribution is 6.35. The van der Waals surface area contributed by atoms with Gasteiger partial charge in [-0.05, 0) is 43.0 Å². The lowest BCUT2D eigenvalue weighted by molar-refractivity contribution is 0.260. The SMILES string of the molecule is [2H][C@](Nc1cc(Cl)c2ncc(C#C)c(N[C@H](CC)c3ccccc3)c2c1)(C1=CN(C2CC2)NN1)c1cccnc1F. The molecule has 1 aliphatic heterocycles. The van der Waals surface area contributed by atoms with Crippen molar-refractivity contribution in [2.24, 2.45) is 0 Å². The summed E-state index contributed by atoms with van der Waals surface area (Å²) in [5.41, 5.74) is 10.1. The molecule has 2 aromatic heterocycles. The second-order valence-electron chi connectivity index (χ2n) is 9.82. The van der Waals surface area contributed by atoms with E-state index >= 15 is 4.39 Å². The summed E-state index contributed by atoms with van der Waals surface area (Å²) < 4.78 is 24.7. The number of terminal acetylenes is 1. The lowest BCUT2D eigenvalue weighted by Gasteiger charge is -2.24. The molecule has 3 heterocycles. The van der Waals surface area contributed by atoms with Crippen molar-refractivity contribution in [2.45, 2.75) is 44.3 Å². The number of hydrogen-bond acceptors (Lipinski definition) is 7. The largest absolute Gasteiger partial charge is 0.377 e. The summed E-state index contributed by atoms with van der Waals surface area (Å²) in [6.45, 7) is 2.10. The highest BCUT2D eigenvalue weighted by Crippen LogP contribution is 2.38. The lowest BCUT2D eigenvalue weighted by atomic mass is 10.0. The first-order valence-electron chi connectivity index (χ1n) is 13.7. The number of nitrogens with zero attached hydrogens (tertiary/aromatic N) is 3. The summed E-state index contributed by atoms with van der Waals surface area (Å²) in [6.07, 6.45) is 13.6. The van der Waals surface area contributed by atoms with Gasteiger partial charge in [0.25, 0.3) is 0 Å². The third-order valence-corrected chi connectivity index (χ3v) is 7.39. The fourth-order valence-corrected chi connectivity index (χ4v) is 5.15. The Morgan fingerprint density at radius 1 is 1.20 bits per heavy atom. The fourth-order valence-electron chi connectivity index (χ4n) is 4.88. The lowest BCUT2D eigenvalue weighted by Crippen LogP contribution is -2.38. The van der Waals surface area contributed by atoms with E-state index in [1.54, 1.807) is 30.6 Å². The van der Waals surface area contributed by atoms with Crippen LogP contribution in [-0.2, 0) is 0 Å². The minimum atomic E-state index is -1.77. The number of halogens is 2. The van der Waals surface area contributed by atoms with Gasteiger partial charge in [-0.3, -0.25) is 9.99 Å². The molecular weight excluding hydrogens is 525 g/mol. The summed E-state index contributed by atoms with van der Waals surface area (Å²) >= 11 is 6.78. The number of rotatable bonds is 9. The van der Waals surface area contributed by atoms with Crippen LogP contribution in [0.25, 0.3) is 10.9 Å². The van der Waals surface area contributed by atoms with E-state index in [2.05, 4.69) is 56.5 Å². The van der Waals surface area contributed by atoms with Crippen LogP contribution < -0.4 is 21.6 Å². The predicted octanol–water partition coefficient (Wildman–Crippen LogP) is 6.45. The molecular formula is C31H29ClFN7. The number of benzene rings is 2. The van der Waals surface area contributed by atoms with Gasteiger partial charge < -0.3 is 16.1 Å². The van der Waals surface area contributed by atoms with E-state index in [0.29, 0.717) is 44.6 Å². The Bertz CT molecular complexity index is 1670. The molecule has 9 heteroatoms. The predicted molar refractivity (Wildman–Crippen MR) is 158 cm³/mol. The van der Waals surface area contributed by atoms with Crippen molar-refractivity contribution in [1.29, 1.82) is 0 Å². The summed E-state index contributed by atoms with van der Waals surface area (Å²) in [5.74, 6) is 1.99. The maximum atomic E-state index is 15.1. The van der Waals surface area contributed by atoms with Gasteiger partial charge in [0.05, 0.1) is 40.9 Å². The number of aromatic nitrogens is 2. The Balaban J connectivity index is 1.45. The highest BCUT2D eigenvalue weighted by atomic mass is 35.5. The second kappa shape index (κ2) is 11.0. The van der Waals surface area contributed by atoms with Gasteiger partial charge in [0, 0.05) is 41.3 Å². The van der Waals surface area contributed by atoms with Gasteiger partial charge in [-0.15, -0.1) is 12.0 Å². The van der Waals surface area contributed by atoms with Crippen molar-refractivity contribution in [3.8, 4) is 12.3 Å². The molecule has 2 aliphatic rings. The Morgan fingerprint density at radius 2 is 2.02 bits per heavy atom. The highest BCUT2D eigenvalue weighted by Gasteiger charge is 2.33. The molecule has 1 aliphatic carbocycles. The molecule has 0 unspecified atom stereocenters. The molecule has 2 atom stereocenters. The van der Waals surface area contributed by atoms with Gasteiger partial charge in [-0.25, -0.2) is 4.98 Å². The van der Waals surface area contributed by atoms with Crippen molar-refractivity contribution in [2.75, 3.05) is 10.6 Å². The van der Waals surface area contributed by atoms with Crippen LogP contribution in [-0.4, -0.2) is 21.0 Å². The monoisotopic (exact) mass is 554 g/mol. The Kier molecular flexibility index (Phi) is 6.82. The Morgan fingerprint density at radius 3 is 2.75 bits per heavy atom. The van der Waals surface area contributed by atoms with Gasteiger partial charge in [-0.2, -0.15) is 4.39 Å². The molecule has 0 amide bonds. The van der Waals surface area contributed by atoms with Crippen molar-refractivity contribution in [1.82, 2.24) is 25.9 Å². The fraction of sp³-hybridized carbons (Fsp3) is 0.226. The standard InChI is InChI=1S/C31H29ClFN7/c1-3-19-17-35-29-24(28(19)37-26(4-2)20-9-6-5-7-10-20)15-21(16-25(29)32)36-30(23-11-8-14-34-31(23)33)27-18-40(39-38-27)22-12-13-22/h1,5-11,14-18,22,26,30,36,38-39H,4,12-13H2,2H3,(H,35,37)/t26-,30-/m1/s1/i30D. The smallest absolute Gasteiger partial charge is 0.218 e. The number of nitrogens with one attached hydrogen (secondary N) is 4. The topological polar surface area (TPSA) is 77.1 Å². The molecule has 1 fully saturated rings. The van der Waals surface area contributed by atoms with E-state index in [1.165, 1.54) is 6.20 Å². The molecule has 6 rings (SSSR count). The molecule has 4 N–H and O–H groups in total. The van der Waals surface area contributed by atoms with Gasteiger partial charge in [0.1, 0.15) is 0 Å². The van der Waals surface area contributed by atoms with Crippen molar-refractivity contribution in [3.05, 3.63) is 107 Å². The van der Waals surface area contributed by atoms with Crippen molar-refractivity contribution >= 4 is 33.9 Å². The molecule has 2 aromatic carbocycles. The molecule has 4 aromatic rings. The third-order valence-electron chi connectivity index (χ3n) is 7.10. The van der Waals surface area contributed by atoms with Crippen LogP contribution in [0.5, 0.6) is 0 Å². The van der Waals surface area contributed by atoms with Crippen LogP contribution in [0.1, 0.15) is 56.3 Å². The number of hydrogen-bond donors (Lipinski definition) is 4. The van der Waals surface area contributed by atoms with Gasteiger partial charge in [0.15, 0.2) is 0 Å². The first-order chi connectivity index (χ1) is 19.9. The average molecular weight is 555 g/mol. The molecule has 0 bridgehead atoms. The van der Waals surface area contributed by atoms with E-state index in [9.17, 15) is 1.37 Å². The zero-order chi connectivity index (χ0) is 28.6. The maximum absolute atomic E-state index is 15.1. The summed E-state index contributed by atoms with van der Waals surface area (Å²) in [5, 5.41) is 9.80. The van der Waals surface area contributed by atoms with Crippen LogP contribution in [0.3, 0.4) is 0 Å². The van der Waals surface area contributed by atoms with Crippen LogP contribution >= 0.6 is 11.6 Å². The maximum Gasteiger partial charge on any atom is 0.218 e. The van der Waals surface area contributed by atoms with E-state index in [0.717, 1.165) is 24.8 Å². The van der Waals surface area contributed by atoms with Crippen molar-refractivity contribution in [3.63, 3.8) is 0 Å². The summed E-state index contributed by atoms with van der Waals surface area (Å²) in [7, 11) is 0. The molecule has 0 spiro atoms. The molecule has 40 heavy (non-hydrogen) atoms. The molecule has 1 saturated carbocycles. The number of hydrazine groups is 2. The summed E-state index contributed by atoms with van der Waals surface area (Å²) in [6, 6.07) is 15.3.